The number of rotatable bonds is 4. The number of nitrogens with zero attached hydrogens (tertiary/aromatic N) is 3. The minimum Gasteiger partial charge on any atom is -0.355 e. The molecule has 2 heterocycles. The molecule has 9 heteroatoms. The molecule has 0 unspecified atom stereocenters. The molecule has 0 radical (unpaired) electrons. The van der Waals surface area contributed by atoms with E-state index in [1.165, 1.54) is 0 Å². The zero-order chi connectivity index (χ0) is 21.2. The molecule has 0 atom stereocenters. The smallest absolute Gasteiger partial charge is 0.355 e. The second kappa shape index (κ2) is 8.79. The van der Waals surface area contributed by atoms with Gasteiger partial charge in [0.25, 0.3) is 0 Å². The van der Waals surface area contributed by atoms with E-state index in [0.29, 0.717) is 43.3 Å². The van der Waals surface area contributed by atoms with E-state index in [4.69, 9.17) is 23.2 Å². The predicted octanol–water partition coefficient (Wildman–Crippen LogP) is 5.28. The Balaban J connectivity index is 1.59. The number of alkyl halides is 3. The Labute approximate surface area is 177 Å². The third kappa shape index (κ3) is 5.34. The molecule has 2 aromatic rings. The first-order chi connectivity index (χ1) is 13.6. The number of halogens is 5. The normalized spacial score (nSPS) is 15.4. The number of piperidine rings is 1. The van der Waals surface area contributed by atoms with Gasteiger partial charge in [0.2, 0.25) is 5.91 Å². The van der Waals surface area contributed by atoms with Crippen molar-refractivity contribution in [3.05, 3.63) is 57.7 Å². The maximum absolute atomic E-state index is 12.8. The summed E-state index contributed by atoms with van der Waals surface area (Å²) in [6, 6.07) is 8.25. The SMILES string of the molecule is CN(Cc1cccc(Cl)c1)C(=O)C1CCN(c2ncc(C(F)(F)F)cc2Cl)CC1. The molecule has 1 saturated heterocycles. The topological polar surface area (TPSA) is 36.4 Å². The monoisotopic (exact) mass is 445 g/mol. The van der Waals surface area contributed by atoms with E-state index >= 15 is 0 Å². The lowest BCUT2D eigenvalue weighted by Gasteiger charge is -2.34. The third-order valence-electron chi connectivity index (χ3n) is 4.98. The predicted molar refractivity (Wildman–Crippen MR) is 107 cm³/mol. The minimum atomic E-state index is -4.48. The molecule has 1 amide bonds. The molecule has 1 fully saturated rings. The van der Waals surface area contributed by atoms with Gasteiger partial charge in [0.1, 0.15) is 5.82 Å². The molecule has 4 nitrogen and oxygen atoms in total. The van der Waals surface area contributed by atoms with Crippen molar-refractivity contribution in [3.8, 4) is 0 Å². The molecule has 0 saturated carbocycles. The van der Waals surface area contributed by atoms with E-state index in [-0.39, 0.29) is 16.8 Å². The van der Waals surface area contributed by atoms with Gasteiger partial charge < -0.3 is 9.80 Å². The van der Waals surface area contributed by atoms with E-state index in [0.717, 1.165) is 17.8 Å². The van der Waals surface area contributed by atoms with Crippen LogP contribution >= 0.6 is 23.2 Å². The van der Waals surface area contributed by atoms with Crippen LogP contribution in [0, 0.1) is 5.92 Å². The van der Waals surface area contributed by atoms with Gasteiger partial charge in [-0.05, 0) is 36.6 Å². The van der Waals surface area contributed by atoms with Gasteiger partial charge in [0.05, 0.1) is 10.6 Å². The number of aromatic nitrogens is 1. The number of carbonyl (C=O) groups is 1. The van der Waals surface area contributed by atoms with Crippen LogP contribution in [-0.2, 0) is 17.5 Å². The van der Waals surface area contributed by atoms with Crippen molar-refractivity contribution in [3.63, 3.8) is 0 Å². The Hall–Kier alpha value is -1.99. The van der Waals surface area contributed by atoms with E-state index < -0.39 is 11.7 Å². The highest BCUT2D eigenvalue weighted by molar-refractivity contribution is 6.33. The zero-order valence-corrected chi connectivity index (χ0v) is 17.2. The number of amides is 1. The highest BCUT2D eigenvalue weighted by atomic mass is 35.5. The lowest BCUT2D eigenvalue weighted by molar-refractivity contribution is -0.138. The van der Waals surface area contributed by atoms with Gasteiger partial charge >= 0.3 is 6.18 Å². The highest BCUT2D eigenvalue weighted by Gasteiger charge is 2.33. The van der Waals surface area contributed by atoms with E-state index in [9.17, 15) is 18.0 Å². The largest absolute Gasteiger partial charge is 0.417 e. The second-order valence-electron chi connectivity index (χ2n) is 7.11. The molecule has 3 rings (SSSR count). The first-order valence-corrected chi connectivity index (χ1v) is 9.88. The van der Waals surface area contributed by atoms with Gasteiger partial charge in [-0.15, -0.1) is 0 Å². The van der Waals surface area contributed by atoms with Crippen LogP contribution in [0.15, 0.2) is 36.5 Å². The van der Waals surface area contributed by atoms with Gasteiger partial charge in [-0.1, -0.05) is 35.3 Å². The summed E-state index contributed by atoms with van der Waals surface area (Å²) in [5, 5.41) is 0.584. The fourth-order valence-electron chi connectivity index (χ4n) is 3.46. The molecule has 0 bridgehead atoms. The quantitative estimate of drug-likeness (QED) is 0.641. The number of benzene rings is 1. The van der Waals surface area contributed by atoms with Crippen molar-refractivity contribution in [2.45, 2.75) is 25.6 Å². The Bertz CT molecular complexity index is 884. The molecule has 1 aliphatic rings. The summed E-state index contributed by atoms with van der Waals surface area (Å²) in [4.78, 5) is 20.2. The van der Waals surface area contributed by atoms with Crippen LogP contribution in [0.3, 0.4) is 0 Å². The van der Waals surface area contributed by atoms with Crippen LogP contribution in [0.2, 0.25) is 10.0 Å². The fourth-order valence-corrected chi connectivity index (χ4v) is 3.95. The van der Waals surface area contributed by atoms with Crippen LogP contribution in [0.25, 0.3) is 0 Å². The number of hydrogen-bond acceptors (Lipinski definition) is 3. The maximum atomic E-state index is 12.8. The van der Waals surface area contributed by atoms with Crippen LogP contribution in [0.5, 0.6) is 0 Å². The summed E-state index contributed by atoms with van der Waals surface area (Å²) in [7, 11) is 1.75. The Kier molecular flexibility index (Phi) is 6.58. The van der Waals surface area contributed by atoms with Crippen molar-refractivity contribution in [2.24, 2.45) is 5.92 Å². The number of hydrogen-bond donors (Lipinski definition) is 0. The molecule has 29 heavy (non-hydrogen) atoms. The molecule has 0 N–H and O–H groups in total. The van der Waals surface area contributed by atoms with Crippen molar-refractivity contribution in [1.82, 2.24) is 9.88 Å². The van der Waals surface area contributed by atoms with Crippen molar-refractivity contribution in [2.75, 3.05) is 25.0 Å². The van der Waals surface area contributed by atoms with Gasteiger partial charge in [-0.25, -0.2) is 4.98 Å². The second-order valence-corrected chi connectivity index (χ2v) is 7.96. The van der Waals surface area contributed by atoms with Gasteiger partial charge in [-0.2, -0.15) is 13.2 Å². The van der Waals surface area contributed by atoms with Crippen LogP contribution in [0.1, 0.15) is 24.0 Å². The molecule has 1 aromatic heterocycles. The Morgan fingerprint density at radius 3 is 2.52 bits per heavy atom. The number of anilines is 1. The van der Waals surface area contributed by atoms with Crippen molar-refractivity contribution in [1.29, 1.82) is 0 Å². The summed E-state index contributed by atoms with van der Waals surface area (Å²) < 4.78 is 38.3. The average Bonchev–Trinajstić information content (AvgIpc) is 2.67. The van der Waals surface area contributed by atoms with Crippen LogP contribution in [0.4, 0.5) is 19.0 Å². The maximum Gasteiger partial charge on any atom is 0.417 e. The van der Waals surface area contributed by atoms with Gasteiger partial charge in [0.15, 0.2) is 0 Å². The molecular weight excluding hydrogens is 426 g/mol. The molecule has 0 spiro atoms. The summed E-state index contributed by atoms with van der Waals surface area (Å²) in [6.07, 6.45) is -2.53. The highest BCUT2D eigenvalue weighted by Crippen LogP contribution is 2.34. The van der Waals surface area contributed by atoms with Gasteiger partial charge in [-0.3, -0.25) is 4.79 Å². The fraction of sp³-hybridized carbons (Fsp3) is 0.400. The minimum absolute atomic E-state index is 0.0381. The summed E-state index contributed by atoms with van der Waals surface area (Å²) in [6.45, 7) is 1.46. The molecular formula is C20H20Cl2F3N3O. The van der Waals surface area contributed by atoms with Crippen LogP contribution in [-0.4, -0.2) is 35.9 Å². The third-order valence-corrected chi connectivity index (χ3v) is 5.49. The van der Waals surface area contributed by atoms with Gasteiger partial charge in [0, 0.05) is 43.8 Å². The Morgan fingerprint density at radius 1 is 1.24 bits per heavy atom. The molecule has 1 aromatic carbocycles. The number of carbonyl (C=O) groups excluding carboxylic acids is 1. The lowest BCUT2D eigenvalue weighted by Crippen LogP contribution is -2.41. The first kappa shape index (κ1) is 21.7. The summed E-state index contributed by atoms with van der Waals surface area (Å²) in [5.41, 5.74) is 0.0745. The summed E-state index contributed by atoms with van der Waals surface area (Å²) in [5.74, 6) is 0.206. The molecule has 156 valence electrons. The average molecular weight is 446 g/mol. The lowest BCUT2D eigenvalue weighted by atomic mass is 9.95. The standard InChI is InChI=1S/C20H20Cl2F3N3O/c1-27(12-13-3-2-4-16(21)9-13)19(29)14-5-7-28(8-6-14)18-17(22)10-15(11-26-18)20(23,24)25/h2-4,9-11,14H,5-8,12H2,1H3. The first-order valence-electron chi connectivity index (χ1n) is 9.12. The molecule has 1 aliphatic heterocycles. The van der Waals surface area contributed by atoms with E-state index in [1.807, 2.05) is 23.1 Å². The zero-order valence-electron chi connectivity index (χ0n) is 15.7. The van der Waals surface area contributed by atoms with Crippen LogP contribution < -0.4 is 4.90 Å². The van der Waals surface area contributed by atoms with E-state index in [2.05, 4.69) is 4.98 Å². The Morgan fingerprint density at radius 2 is 1.93 bits per heavy atom. The number of pyridine rings is 1. The van der Waals surface area contributed by atoms with Crippen molar-refractivity contribution < 1.29 is 18.0 Å². The van der Waals surface area contributed by atoms with Crippen molar-refractivity contribution >= 4 is 34.9 Å². The summed E-state index contributed by atoms with van der Waals surface area (Å²) >= 11 is 12.0. The molecule has 0 aliphatic carbocycles. The van der Waals surface area contributed by atoms with E-state index in [1.54, 1.807) is 18.0 Å².